The van der Waals surface area contributed by atoms with E-state index in [9.17, 15) is 14.4 Å². The first-order valence-electron chi connectivity index (χ1n) is 7.61. The normalized spacial score (nSPS) is 17.9. The van der Waals surface area contributed by atoms with Gasteiger partial charge >= 0.3 is 5.97 Å². The second-order valence-corrected chi connectivity index (χ2v) is 5.31. The number of unbranched alkanes of at least 4 members (excludes halogenated alkanes) is 5. The molecule has 0 bridgehead atoms. The molecule has 1 amide bonds. The Balaban J connectivity index is 2.06. The third-order valence-electron chi connectivity index (χ3n) is 3.44. The molecule has 0 aromatic rings. The van der Waals surface area contributed by atoms with Gasteiger partial charge in [-0.05, 0) is 6.42 Å². The molecule has 0 spiro atoms. The van der Waals surface area contributed by atoms with Crippen LogP contribution < -0.4 is 5.32 Å². The molecule has 1 N–H and O–H groups in total. The van der Waals surface area contributed by atoms with Gasteiger partial charge < -0.3 is 10.1 Å². The Bertz CT molecular complexity index is 341. The number of hydrogen-bond donors (Lipinski definition) is 1. The molecule has 5 heteroatoms. The maximum Gasteiger partial charge on any atom is 0.328 e. The van der Waals surface area contributed by atoms with Gasteiger partial charge in [-0.2, -0.15) is 0 Å². The summed E-state index contributed by atoms with van der Waals surface area (Å²) in [7, 11) is 0. The van der Waals surface area contributed by atoms with E-state index in [2.05, 4.69) is 12.2 Å². The average molecular weight is 283 g/mol. The molecule has 0 saturated carbocycles. The smallest absolute Gasteiger partial charge is 0.328 e. The number of cyclic esters (lactones) is 1. The van der Waals surface area contributed by atoms with E-state index in [1.165, 1.54) is 19.3 Å². The molecule has 0 aliphatic carbocycles. The summed E-state index contributed by atoms with van der Waals surface area (Å²) in [6, 6.07) is -0.565. The first kappa shape index (κ1) is 16.7. The highest BCUT2D eigenvalue weighted by Crippen LogP contribution is 2.09. The zero-order chi connectivity index (χ0) is 14.8. The quantitative estimate of drug-likeness (QED) is 0.379. The summed E-state index contributed by atoms with van der Waals surface area (Å²) in [5, 5.41) is 2.54. The van der Waals surface area contributed by atoms with Crippen LogP contribution in [0.25, 0.3) is 0 Å². The number of amides is 1. The maximum absolute atomic E-state index is 11.6. The minimum absolute atomic E-state index is 0.0515. The molecule has 1 fully saturated rings. The average Bonchev–Trinajstić information content (AvgIpc) is 2.79. The summed E-state index contributed by atoms with van der Waals surface area (Å²) in [5.74, 6) is -0.823. The van der Waals surface area contributed by atoms with Gasteiger partial charge in [0.2, 0.25) is 5.91 Å². The molecule has 0 unspecified atom stereocenters. The van der Waals surface area contributed by atoms with Crippen molar-refractivity contribution in [2.45, 2.75) is 70.8 Å². The molecule has 20 heavy (non-hydrogen) atoms. The minimum Gasteiger partial charge on any atom is -0.464 e. The zero-order valence-corrected chi connectivity index (χ0v) is 12.3. The highest BCUT2D eigenvalue weighted by molar-refractivity contribution is 5.99. The zero-order valence-electron chi connectivity index (χ0n) is 12.3. The molecule has 1 aliphatic rings. The van der Waals surface area contributed by atoms with Crippen LogP contribution in [0.5, 0.6) is 0 Å². The lowest BCUT2D eigenvalue weighted by Gasteiger charge is -2.08. The van der Waals surface area contributed by atoms with Crippen molar-refractivity contribution in [3.8, 4) is 0 Å². The van der Waals surface area contributed by atoms with Gasteiger partial charge in [-0.1, -0.05) is 39.0 Å². The summed E-state index contributed by atoms with van der Waals surface area (Å²) in [6.07, 6.45) is 7.54. The predicted octanol–water partition coefficient (Wildman–Crippen LogP) is 2.13. The molecule has 114 valence electrons. The van der Waals surface area contributed by atoms with Crippen LogP contribution in [0.3, 0.4) is 0 Å². The molecule has 5 nitrogen and oxygen atoms in total. The SMILES string of the molecule is CCCCCCCCC(=O)CC(=O)N[C@@H]1CCOC1=O. The number of Topliss-reactive ketones (excluding diaryl/α,β-unsaturated/α-hetero) is 1. The standard InChI is InChI=1S/C15H25NO4/c1-2-3-4-5-6-7-8-12(17)11-14(18)16-13-9-10-20-15(13)19/h13H,2-11H2,1H3,(H,16,18)/t13-/m1/s1. The summed E-state index contributed by atoms with van der Waals surface area (Å²) in [4.78, 5) is 34.4. The Morgan fingerprint density at radius 2 is 1.90 bits per heavy atom. The number of hydrogen-bond acceptors (Lipinski definition) is 4. The number of ketones is 1. The number of esters is 1. The molecule has 1 rings (SSSR count). The van der Waals surface area contributed by atoms with Crippen LogP contribution in [-0.4, -0.2) is 30.3 Å². The molecular weight excluding hydrogens is 258 g/mol. The van der Waals surface area contributed by atoms with E-state index in [1.54, 1.807) is 0 Å². The third kappa shape index (κ3) is 6.68. The van der Waals surface area contributed by atoms with Crippen LogP contribution in [0.2, 0.25) is 0 Å². The van der Waals surface area contributed by atoms with Crippen molar-refractivity contribution in [2.24, 2.45) is 0 Å². The lowest BCUT2D eigenvalue weighted by atomic mass is 10.1. The van der Waals surface area contributed by atoms with E-state index < -0.39 is 12.0 Å². The van der Waals surface area contributed by atoms with E-state index >= 15 is 0 Å². The first-order valence-corrected chi connectivity index (χ1v) is 7.61. The third-order valence-corrected chi connectivity index (χ3v) is 3.44. The van der Waals surface area contributed by atoms with Gasteiger partial charge in [-0.3, -0.25) is 9.59 Å². The van der Waals surface area contributed by atoms with Crippen molar-refractivity contribution in [3.63, 3.8) is 0 Å². The highest BCUT2D eigenvalue weighted by atomic mass is 16.5. The number of nitrogens with one attached hydrogen (secondary N) is 1. The lowest BCUT2D eigenvalue weighted by molar-refractivity contribution is -0.142. The molecule has 1 aliphatic heterocycles. The van der Waals surface area contributed by atoms with Crippen molar-refractivity contribution >= 4 is 17.7 Å². The number of rotatable bonds is 10. The lowest BCUT2D eigenvalue weighted by Crippen LogP contribution is -2.38. The molecular formula is C15H25NO4. The maximum atomic E-state index is 11.6. The fourth-order valence-corrected chi connectivity index (χ4v) is 2.24. The van der Waals surface area contributed by atoms with Crippen LogP contribution in [-0.2, 0) is 19.1 Å². The molecule has 0 aromatic heterocycles. The van der Waals surface area contributed by atoms with Gasteiger partial charge in [-0.15, -0.1) is 0 Å². The van der Waals surface area contributed by atoms with E-state index in [1.807, 2.05) is 0 Å². The van der Waals surface area contributed by atoms with Crippen molar-refractivity contribution < 1.29 is 19.1 Å². The van der Waals surface area contributed by atoms with Crippen LogP contribution in [0, 0.1) is 0 Å². The highest BCUT2D eigenvalue weighted by Gasteiger charge is 2.28. The fraction of sp³-hybridized carbons (Fsp3) is 0.800. The Labute approximate surface area is 120 Å². The van der Waals surface area contributed by atoms with Crippen molar-refractivity contribution in [3.05, 3.63) is 0 Å². The molecule has 1 saturated heterocycles. The Morgan fingerprint density at radius 3 is 2.55 bits per heavy atom. The molecule has 0 radical (unpaired) electrons. The van der Waals surface area contributed by atoms with E-state index in [-0.39, 0.29) is 18.1 Å². The van der Waals surface area contributed by atoms with Crippen LogP contribution >= 0.6 is 0 Å². The summed E-state index contributed by atoms with van der Waals surface area (Å²) in [5.41, 5.74) is 0. The van der Waals surface area contributed by atoms with Gasteiger partial charge in [0, 0.05) is 12.8 Å². The number of ether oxygens (including phenoxy) is 1. The van der Waals surface area contributed by atoms with Gasteiger partial charge in [0.25, 0.3) is 0 Å². The van der Waals surface area contributed by atoms with E-state index in [0.29, 0.717) is 19.4 Å². The van der Waals surface area contributed by atoms with Crippen LogP contribution in [0.1, 0.15) is 64.7 Å². The topological polar surface area (TPSA) is 72.5 Å². The van der Waals surface area contributed by atoms with Crippen molar-refractivity contribution in [1.29, 1.82) is 0 Å². The van der Waals surface area contributed by atoms with Crippen LogP contribution in [0.4, 0.5) is 0 Å². The van der Waals surface area contributed by atoms with Gasteiger partial charge in [-0.25, -0.2) is 4.79 Å². The molecule has 1 heterocycles. The second-order valence-electron chi connectivity index (χ2n) is 5.31. The first-order chi connectivity index (χ1) is 9.63. The summed E-state index contributed by atoms with van der Waals surface area (Å²) in [6.45, 7) is 2.51. The minimum atomic E-state index is -0.565. The van der Waals surface area contributed by atoms with Crippen molar-refractivity contribution in [2.75, 3.05) is 6.61 Å². The largest absolute Gasteiger partial charge is 0.464 e. The number of carbonyl (C=O) groups excluding carboxylic acids is 3. The van der Waals surface area contributed by atoms with Crippen LogP contribution in [0.15, 0.2) is 0 Å². The van der Waals surface area contributed by atoms with Crippen molar-refractivity contribution in [1.82, 2.24) is 5.32 Å². The van der Waals surface area contributed by atoms with E-state index in [0.717, 1.165) is 19.3 Å². The Hall–Kier alpha value is -1.39. The summed E-state index contributed by atoms with van der Waals surface area (Å²) < 4.78 is 4.74. The Morgan fingerprint density at radius 1 is 1.20 bits per heavy atom. The second kappa shape index (κ2) is 9.50. The van der Waals surface area contributed by atoms with Gasteiger partial charge in [0.15, 0.2) is 0 Å². The Kier molecular flexibility index (Phi) is 7.92. The predicted molar refractivity (Wildman–Crippen MR) is 75.1 cm³/mol. The van der Waals surface area contributed by atoms with E-state index in [4.69, 9.17) is 4.74 Å². The monoisotopic (exact) mass is 283 g/mol. The fourth-order valence-electron chi connectivity index (χ4n) is 2.24. The molecule has 1 atom stereocenters. The molecule has 0 aromatic carbocycles. The summed E-state index contributed by atoms with van der Waals surface area (Å²) >= 11 is 0. The number of carbonyl (C=O) groups is 3. The van der Waals surface area contributed by atoms with Gasteiger partial charge in [0.1, 0.15) is 11.8 Å². The van der Waals surface area contributed by atoms with Gasteiger partial charge in [0.05, 0.1) is 13.0 Å².